The molecule has 0 spiro atoms. The number of carboxylic acids is 1. The van der Waals surface area contributed by atoms with Gasteiger partial charge >= 0.3 is 11.7 Å². The highest BCUT2D eigenvalue weighted by Gasteiger charge is 2.18. The molecule has 20 heavy (non-hydrogen) atoms. The van der Waals surface area contributed by atoms with Crippen LogP contribution in [0.1, 0.15) is 16.1 Å². The number of pyridine rings is 1. The topological polar surface area (TPSA) is 93.3 Å². The van der Waals surface area contributed by atoms with E-state index in [4.69, 9.17) is 5.11 Å². The highest BCUT2D eigenvalue weighted by atomic mass is 32.2. The first-order valence-corrected chi connectivity index (χ1v) is 6.62. The van der Waals surface area contributed by atoms with Crippen LogP contribution in [-0.2, 0) is 5.75 Å². The van der Waals surface area contributed by atoms with Gasteiger partial charge in [-0.2, -0.15) is 0 Å². The van der Waals surface area contributed by atoms with Crippen molar-refractivity contribution in [2.45, 2.75) is 10.8 Å². The molecule has 1 heterocycles. The van der Waals surface area contributed by atoms with Gasteiger partial charge in [-0.3, -0.25) is 10.1 Å². The summed E-state index contributed by atoms with van der Waals surface area (Å²) in [6, 6.07) is 11.7. The van der Waals surface area contributed by atoms with E-state index < -0.39 is 10.9 Å². The first kappa shape index (κ1) is 14.0. The Morgan fingerprint density at radius 2 is 1.95 bits per heavy atom. The summed E-state index contributed by atoms with van der Waals surface area (Å²) in [6.07, 6.45) is 0. The third-order valence-corrected chi connectivity index (χ3v) is 3.53. The maximum Gasteiger partial charge on any atom is 0.354 e. The van der Waals surface area contributed by atoms with E-state index in [0.717, 1.165) is 23.4 Å². The summed E-state index contributed by atoms with van der Waals surface area (Å²) in [7, 11) is 0. The van der Waals surface area contributed by atoms with E-state index in [-0.39, 0.29) is 16.4 Å². The Balaban J connectivity index is 2.26. The molecular formula is C13H10N2O4S. The smallest absolute Gasteiger partial charge is 0.354 e. The van der Waals surface area contributed by atoms with Crippen molar-refractivity contribution in [3.8, 4) is 0 Å². The highest BCUT2D eigenvalue weighted by Crippen LogP contribution is 2.29. The molecule has 0 fully saturated rings. The number of thioether (sulfide) groups is 1. The van der Waals surface area contributed by atoms with Gasteiger partial charge in [0.05, 0.1) is 4.92 Å². The van der Waals surface area contributed by atoms with E-state index in [2.05, 4.69) is 4.98 Å². The molecule has 0 amide bonds. The van der Waals surface area contributed by atoms with E-state index >= 15 is 0 Å². The lowest BCUT2D eigenvalue weighted by atomic mass is 10.2. The molecule has 2 aromatic rings. The van der Waals surface area contributed by atoms with E-state index in [9.17, 15) is 14.9 Å². The average molecular weight is 290 g/mol. The molecule has 6 nitrogen and oxygen atoms in total. The van der Waals surface area contributed by atoms with Gasteiger partial charge in [0.1, 0.15) is 5.69 Å². The zero-order valence-electron chi connectivity index (χ0n) is 10.2. The van der Waals surface area contributed by atoms with Gasteiger partial charge in [0, 0.05) is 11.8 Å². The number of benzene rings is 1. The van der Waals surface area contributed by atoms with Crippen molar-refractivity contribution in [2.24, 2.45) is 0 Å². The number of nitro groups is 1. The highest BCUT2D eigenvalue weighted by molar-refractivity contribution is 7.98. The monoisotopic (exact) mass is 290 g/mol. The lowest BCUT2D eigenvalue weighted by Crippen LogP contribution is -2.03. The van der Waals surface area contributed by atoms with Crippen molar-refractivity contribution in [1.29, 1.82) is 0 Å². The van der Waals surface area contributed by atoms with Crippen LogP contribution in [0, 0.1) is 10.1 Å². The summed E-state index contributed by atoms with van der Waals surface area (Å²) in [4.78, 5) is 25.1. The van der Waals surface area contributed by atoms with Crippen LogP contribution in [0.15, 0.2) is 47.5 Å². The fourth-order valence-corrected chi connectivity index (χ4v) is 2.47. The van der Waals surface area contributed by atoms with E-state index in [1.807, 2.05) is 30.3 Å². The molecule has 1 aromatic carbocycles. The summed E-state index contributed by atoms with van der Waals surface area (Å²) < 4.78 is 0. The molecule has 1 N–H and O–H groups in total. The van der Waals surface area contributed by atoms with Gasteiger partial charge in [-0.1, -0.05) is 42.1 Å². The molecule has 7 heteroatoms. The predicted octanol–water partition coefficient (Wildman–Crippen LogP) is 2.98. The molecule has 0 unspecified atom stereocenters. The summed E-state index contributed by atoms with van der Waals surface area (Å²) in [5.41, 5.74) is 0.594. The Labute approximate surface area is 118 Å². The fourth-order valence-electron chi connectivity index (χ4n) is 1.52. The van der Waals surface area contributed by atoms with Crippen LogP contribution in [-0.4, -0.2) is 21.0 Å². The van der Waals surface area contributed by atoms with Crippen molar-refractivity contribution in [2.75, 3.05) is 0 Å². The maximum atomic E-state index is 10.9. The fraction of sp³-hybridized carbons (Fsp3) is 0.0769. The number of carboxylic acid groups (broad SMARTS) is 1. The Morgan fingerprint density at radius 1 is 1.25 bits per heavy atom. The van der Waals surface area contributed by atoms with Crippen LogP contribution in [0.5, 0.6) is 0 Å². The SMILES string of the molecule is O=C(O)c1ccc([N+](=O)[O-])c(SCc2ccccc2)n1. The molecule has 0 atom stereocenters. The standard InChI is InChI=1S/C13H10N2O4S/c16-13(17)10-6-7-11(15(18)19)12(14-10)20-8-9-4-2-1-3-5-9/h1-7H,8H2,(H,16,17). The zero-order chi connectivity index (χ0) is 14.5. The van der Waals surface area contributed by atoms with Crippen LogP contribution in [0.4, 0.5) is 5.69 Å². The second kappa shape index (κ2) is 6.16. The summed E-state index contributed by atoms with van der Waals surface area (Å²) in [5, 5.41) is 19.9. The number of carbonyl (C=O) groups is 1. The molecular weight excluding hydrogens is 280 g/mol. The van der Waals surface area contributed by atoms with Gasteiger partial charge in [0.15, 0.2) is 5.03 Å². The minimum absolute atomic E-state index is 0.110. The normalized spacial score (nSPS) is 10.2. The van der Waals surface area contributed by atoms with E-state index in [1.54, 1.807) is 0 Å². The van der Waals surface area contributed by atoms with Crippen LogP contribution in [0.3, 0.4) is 0 Å². The third-order valence-electron chi connectivity index (χ3n) is 2.47. The number of aromatic nitrogens is 1. The van der Waals surface area contributed by atoms with Crippen molar-refractivity contribution < 1.29 is 14.8 Å². The van der Waals surface area contributed by atoms with Gasteiger partial charge < -0.3 is 5.11 Å². The molecule has 0 saturated carbocycles. The number of nitrogens with zero attached hydrogens (tertiary/aromatic N) is 2. The molecule has 2 rings (SSSR count). The van der Waals surface area contributed by atoms with Crippen LogP contribution < -0.4 is 0 Å². The molecule has 0 radical (unpaired) electrons. The molecule has 0 aliphatic rings. The lowest BCUT2D eigenvalue weighted by Gasteiger charge is -2.03. The number of hydrogen-bond donors (Lipinski definition) is 1. The molecule has 0 bridgehead atoms. The van der Waals surface area contributed by atoms with Crippen LogP contribution >= 0.6 is 11.8 Å². The minimum Gasteiger partial charge on any atom is -0.477 e. The van der Waals surface area contributed by atoms with E-state index in [1.165, 1.54) is 6.07 Å². The predicted molar refractivity (Wildman–Crippen MR) is 73.9 cm³/mol. The van der Waals surface area contributed by atoms with Gasteiger partial charge in [-0.25, -0.2) is 9.78 Å². The van der Waals surface area contributed by atoms with Crippen LogP contribution in [0.25, 0.3) is 0 Å². The largest absolute Gasteiger partial charge is 0.477 e. The number of hydrogen-bond acceptors (Lipinski definition) is 5. The van der Waals surface area contributed by atoms with Crippen molar-refractivity contribution >= 4 is 23.4 Å². The van der Waals surface area contributed by atoms with Crippen LogP contribution in [0.2, 0.25) is 0 Å². The van der Waals surface area contributed by atoms with Crippen molar-refractivity contribution in [3.05, 3.63) is 63.8 Å². The van der Waals surface area contributed by atoms with E-state index in [0.29, 0.717) is 5.75 Å². The van der Waals surface area contributed by atoms with Gasteiger partial charge in [0.2, 0.25) is 0 Å². The zero-order valence-corrected chi connectivity index (χ0v) is 11.0. The van der Waals surface area contributed by atoms with Crippen molar-refractivity contribution in [3.63, 3.8) is 0 Å². The van der Waals surface area contributed by atoms with Gasteiger partial charge in [-0.05, 0) is 11.6 Å². The van der Waals surface area contributed by atoms with Gasteiger partial charge in [-0.15, -0.1) is 0 Å². The minimum atomic E-state index is -1.21. The Kier molecular flexibility index (Phi) is 4.31. The Bertz CT molecular complexity index is 646. The first-order valence-electron chi connectivity index (χ1n) is 5.63. The molecule has 1 aromatic heterocycles. The molecule has 0 aliphatic heterocycles. The second-order valence-corrected chi connectivity index (χ2v) is 4.82. The third kappa shape index (κ3) is 3.33. The summed E-state index contributed by atoms with van der Waals surface area (Å²) in [6.45, 7) is 0. The number of rotatable bonds is 5. The lowest BCUT2D eigenvalue weighted by molar-refractivity contribution is -0.388. The van der Waals surface area contributed by atoms with Crippen molar-refractivity contribution in [1.82, 2.24) is 4.98 Å². The second-order valence-electron chi connectivity index (χ2n) is 3.86. The molecule has 0 aliphatic carbocycles. The maximum absolute atomic E-state index is 10.9. The Morgan fingerprint density at radius 3 is 2.55 bits per heavy atom. The number of aromatic carboxylic acids is 1. The quantitative estimate of drug-likeness (QED) is 0.517. The first-order chi connectivity index (χ1) is 9.58. The molecule has 102 valence electrons. The summed E-state index contributed by atoms with van der Waals surface area (Å²) in [5.74, 6) is -0.723. The van der Waals surface area contributed by atoms with Gasteiger partial charge in [0.25, 0.3) is 0 Å². The Hall–Kier alpha value is -2.41. The molecule has 0 saturated heterocycles. The average Bonchev–Trinajstić information content (AvgIpc) is 2.45. The summed E-state index contributed by atoms with van der Waals surface area (Å²) >= 11 is 1.14.